The second-order valence-electron chi connectivity index (χ2n) is 17.1. The number of quaternary nitrogens is 1. The van der Waals surface area contributed by atoms with Gasteiger partial charge < -0.3 is 27.9 Å². The maximum atomic E-state index is 12.7. The number of ether oxygens (including phenoxy) is 2. The summed E-state index contributed by atoms with van der Waals surface area (Å²) in [4.78, 5) is 37.6. The number of phosphoric acid groups is 1. The van der Waals surface area contributed by atoms with Gasteiger partial charge in [-0.05, 0) is 89.9 Å². The predicted molar refractivity (Wildman–Crippen MR) is 268 cm³/mol. The summed E-state index contributed by atoms with van der Waals surface area (Å²) in [7, 11) is 1.08. The number of allylic oxidation sites excluding steroid dienone is 18. The molecule has 0 fully saturated rings. The quantitative estimate of drug-likeness (QED) is 0.0195. The number of unbranched alkanes of at least 4 members (excludes halogenated alkanes) is 11. The minimum absolute atomic E-state index is 0.0582. The van der Waals surface area contributed by atoms with Crippen LogP contribution >= 0.6 is 7.82 Å². The van der Waals surface area contributed by atoms with Crippen LogP contribution in [0.1, 0.15) is 168 Å². The van der Waals surface area contributed by atoms with Gasteiger partial charge in [0.2, 0.25) is 0 Å². The number of carbonyl (C=O) groups is 2. The molecule has 0 spiro atoms. The van der Waals surface area contributed by atoms with Crippen LogP contribution in [0.4, 0.5) is 0 Å². The molecule has 0 aromatic rings. The Hall–Kier alpha value is -3.33. The SMILES string of the molecule is CCCCC/C=C/C/C=C/C/C=C/C/C=C/C/C=C/CCC(=O)OC[C@H](COP(=O)([O-])OCC[N+](C)(C)C)OC(=O)CCC/C=C/C/C=C/C/C=C/C/C=C/CCCCCCCCC. The van der Waals surface area contributed by atoms with E-state index in [0.29, 0.717) is 30.3 Å². The van der Waals surface area contributed by atoms with Crippen molar-refractivity contribution in [3.05, 3.63) is 109 Å². The first-order valence-electron chi connectivity index (χ1n) is 24.6. The zero-order valence-corrected chi connectivity index (χ0v) is 41.8. The Morgan fingerprint density at radius 3 is 1.34 bits per heavy atom. The Balaban J connectivity index is 4.53. The predicted octanol–water partition coefficient (Wildman–Crippen LogP) is 14.1. The summed E-state index contributed by atoms with van der Waals surface area (Å²) < 4.78 is 33.8. The fraction of sp³-hybridized carbons (Fsp3) is 0.630. The van der Waals surface area contributed by atoms with E-state index < -0.39 is 32.5 Å². The molecule has 0 aliphatic heterocycles. The van der Waals surface area contributed by atoms with E-state index in [9.17, 15) is 19.0 Å². The number of esters is 2. The molecule has 9 nitrogen and oxygen atoms in total. The molecule has 10 heteroatoms. The fourth-order valence-electron chi connectivity index (χ4n) is 5.92. The molecule has 2 atom stereocenters. The lowest BCUT2D eigenvalue weighted by Gasteiger charge is -2.28. The van der Waals surface area contributed by atoms with E-state index in [1.807, 2.05) is 39.4 Å². The standard InChI is InChI=1S/C54H90NO8P/c1-6-8-10-12-14-16-18-20-22-24-26-27-29-31-33-35-37-39-41-43-45-47-54(57)63-52(51-62-64(58,59)61-49-48-55(3,4)5)50-60-53(56)46-44-42-40-38-36-34-32-30-28-25-23-21-19-17-15-13-11-9-7-2/h15,17,21-24,27-30,33-36,39-42,52H,6-14,16,18-20,25-26,31-32,37-38,43-51H2,1-5H3/b17-15+,23-21+,24-22+,29-27+,30-28+,35-33+,36-34+,41-39+,42-40+/t52-/m1/s1. The lowest BCUT2D eigenvalue weighted by Crippen LogP contribution is -2.37. The van der Waals surface area contributed by atoms with Crippen molar-refractivity contribution in [2.45, 2.75) is 174 Å². The van der Waals surface area contributed by atoms with E-state index in [1.54, 1.807) is 0 Å². The third-order valence-electron chi connectivity index (χ3n) is 9.78. The van der Waals surface area contributed by atoms with Gasteiger partial charge in [0.05, 0.1) is 27.7 Å². The maximum absolute atomic E-state index is 12.7. The van der Waals surface area contributed by atoms with Crippen LogP contribution in [0.15, 0.2) is 109 Å². The highest BCUT2D eigenvalue weighted by molar-refractivity contribution is 7.45. The molecule has 0 aliphatic carbocycles. The van der Waals surface area contributed by atoms with Crippen molar-refractivity contribution in [1.82, 2.24) is 0 Å². The number of phosphoric ester groups is 1. The minimum Gasteiger partial charge on any atom is -0.756 e. The first kappa shape index (κ1) is 60.7. The van der Waals surface area contributed by atoms with Crippen LogP contribution in [0.25, 0.3) is 0 Å². The third-order valence-corrected chi connectivity index (χ3v) is 10.7. The monoisotopic (exact) mass is 912 g/mol. The molecule has 0 bridgehead atoms. The Labute approximate surface area is 391 Å². The van der Waals surface area contributed by atoms with E-state index >= 15 is 0 Å². The van der Waals surface area contributed by atoms with Crippen molar-refractivity contribution >= 4 is 19.8 Å². The molecule has 1 unspecified atom stereocenters. The van der Waals surface area contributed by atoms with Crippen molar-refractivity contribution in [3.63, 3.8) is 0 Å². The van der Waals surface area contributed by atoms with Gasteiger partial charge in [0.15, 0.2) is 6.10 Å². The number of rotatable bonds is 43. The van der Waals surface area contributed by atoms with Gasteiger partial charge in [-0.2, -0.15) is 0 Å². The van der Waals surface area contributed by atoms with Gasteiger partial charge in [0.25, 0.3) is 7.82 Å². The van der Waals surface area contributed by atoms with Crippen molar-refractivity contribution in [2.75, 3.05) is 47.5 Å². The van der Waals surface area contributed by atoms with E-state index in [-0.39, 0.29) is 26.1 Å². The molecule has 364 valence electrons. The van der Waals surface area contributed by atoms with Crippen LogP contribution in [0.2, 0.25) is 0 Å². The second-order valence-corrected chi connectivity index (χ2v) is 18.5. The zero-order valence-electron chi connectivity index (χ0n) is 40.9. The topological polar surface area (TPSA) is 111 Å². The smallest absolute Gasteiger partial charge is 0.306 e. The fourth-order valence-corrected chi connectivity index (χ4v) is 6.65. The van der Waals surface area contributed by atoms with E-state index in [1.165, 1.54) is 77.0 Å². The van der Waals surface area contributed by atoms with Crippen molar-refractivity contribution in [3.8, 4) is 0 Å². The Morgan fingerprint density at radius 1 is 0.484 bits per heavy atom. The van der Waals surface area contributed by atoms with Crippen molar-refractivity contribution in [2.24, 2.45) is 0 Å². The Morgan fingerprint density at radius 2 is 0.875 bits per heavy atom. The number of carbonyl (C=O) groups excluding carboxylic acids is 2. The number of hydrogen-bond acceptors (Lipinski definition) is 8. The van der Waals surface area contributed by atoms with Crippen molar-refractivity contribution < 1.29 is 42.1 Å². The largest absolute Gasteiger partial charge is 0.756 e. The van der Waals surface area contributed by atoms with E-state index in [2.05, 4.69) is 105 Å². The van der Waals surface area contributed by atoms with Crippen LogP contribution < -0.4 is 4.89 Å². The molecule has 0 radical (unpaired) electrons. The average Bonchev–Trinajstić information content (AvgIpc) is 3.25. The summed E-state index contributed by atoms with van der Waals surface area (Å²) >= 11 is 0. The number of hydrogen-bond donors (Lipinski definition) is 0. The number of likely N-dealkylation sites (N-methyl/N-ethyl adjacent to an activating group) is 1. The van der Waals surface area contributed by atoms with Gasteiger partial charge in [-0.3, -0.25) is 14.2 Å². The second kappa shape index (κ2) is 44.9. The zero-order chi connectivity index (χ0) is 47.1. The van der Waals surface area contributed by atoms with Gasteiger partial charge in [-0.25, -0.2) is 0 Å². The van der Waals surface area contributed by atoms with E-state index in [0.717, 1.165) is 44.9 Å². The normalized spacial score (nSPS) is 14.4. The molecule has 0 saturated heterocycles. The lowest BCUT2D eigenvalue weighted by molar-refractivity contribution is -0.870. The maximum Gasteiger partial charge on any atom is 0.306 e. The summed E-state index contributed by atoms with van der Waals surface area (Å²) in [6, 6.07) is 0. The van der Waals surface area contributed by atoms with Gasteiger partial charge in [-0.1, -0.05) is 175 Å². The minimum atomic E-state index is -4.67. The Kier molecular flexibility index (Phi) is 42.5. The molecule has 0 amide bonds. The molecule has 64 heavy (non-hydrogen) atoms. The van der Waals surface area contributed by atoms with E-state index in [4.69, 9.17) is 18.5 Å². The molecule has 0 aromatic carbocycles. The summed E-state index contributed by atoms with van der Waals surface area (Å²) in [5.41, 5.74) is 0. The first-order valence-corrected chi connectivity index (χ1v) is 26.1. The summed E-state index contributed by atoms with van der Waals surface area (Å²) in [5.74, 6) is -1.01. The van der Waals surface area contributed by atoms with Crippen LogP contribution in [-0.4, -0.2) is 70.0 Å². The van der Waals surface area contributed by atoms with Crippen LogP contribution in [0.5, 0.6) is 0 Å². The highest BCUT2D eigenvalue weighted by Crippen LogP contribution is 2.38. The van der Waals surface area contributed by atoms with Crippen LogP contribution in [-0.2, 0) is 32.7 Å². The van der Waals surface area contributed by atoms with Gasteiger partial charge in [0.1, 0.15) is 19.8 Å². The van der Waals surface area contributed by atoms with Crippen LogP contribution in [0, 0.1) is 0 Å². The van der Waals surface area contributed by atoms with Crippen molar-refractivity contribution in [1.29, 1.82) is 0 Å². The first-order chi connectivity index (χ1) is 31.0. The molecular weight excluding hydrogens is 822 g/mol. The molecular formula is C54H90NO8P. The summed E-state index contributed by atoms with van der Waals surface area (Å²) in [6.07, 6.45) is 61.5. The summed E-state index contributed by atoms with van der Waals surface area (Å²) in [5, 5.41) is 0. The lowest BCUT2D eigenvalue weighted by atomic mass is 10.1. The molecule has 0 N–H and O–H groups in total. The molecule has 0 aromatic heterocycles. The van der Waals surface area contributed by atoms with Crippen LogP contribution in [0.3, 0.4) is 0 Å². The van der Waals surface area contributed by atoms with Gasteiger partial charge >= 0.3 is 11.9 Å². The number of nitrogens with zero attached hydrogens (tertiary/aromatic N) is 1. The van der Waals surface area contributed by atoms with Gasteiger partial charge in [0, 0.05) is 12.8 Å². The molecule has 0 aliphatic rings. The molecule has 0 saturated carbocycles. The summed E-state index contributed by atoms with van der Waals surface area (Å²) in [6.45, 7) is 4.03. The third kappa shape index (κ3) is 48.1. The highest BCUT2D eigenvalue weighted by Gasteiger charge is 2.21. The van der Waals surface area contributed by atoms with Gasteiger partial charge in [-0.15, -0.1) is 0 Å². The molecule has 0 rings (SSSR count). The Bertz CT molecular complexity index is 1450. The highest BCUT2D eigenvalue weighted by atomic mass is 31.2. The molecule has 0 heterocycles. The average molecular weight is 912 g/mol.